The van der Waals surface area contributed by atoms with Crippen molar-refractivity contribution >= 4 is 23.4 Å². The quantitative estimate of drug-likeness (QED) is 0.341. The van der Waals surface area contributed by atoms with Crippen LogP contribution in [0.4, 0.5) is 17.6 Å². The minimum Gasteiger partial charge on any atom is -0.423 e. The van der Waals surface area contributed by atoms with E-state index in [1.807, 2.05) is 0 Å². The van der Waals surface area contributed by atoms with E-state index in [1.165, 1.54) is 6.07 Å². The van der Waals surface area contributed by atoms with Crippen LogP contribution in [0.1, 0.15) is 0 Å². The predicted octanol–water partition coefficient (Wildman–Crippen LogP) is 1.08. The summed E-state index contributed by atoms with van der Waals surface area (Å²) in [6, 6.07) is 3.27. The van der Waals surface area contributed by atoms with Gasteiger partial charge in [0.25, 0.3) is 0 Å². The van der Waals surface area contributed by atoms with Gasteiger partial charge in [0.05, 0.1) is 0 Å². The molecule has 0 radical (unpaired) electrons. The Morgan fingerprint density at radius 1 is 0.824 bits per heavy atom. The van der Waals surface area contributed by atoms with Crippen LogP contribution in [-0.4, -0.2) is 17.2 Å². The number of hydrogen-bond donors (Lipinski definition) is 2. The first-order chi connectivity index (χ1) is 7.95. The lowest BCUT2D eigenvalue weighted by molar-refractivity contribution is 0.416. The molecule has 0 saturated carbocycles. The van der Waals surface area contributed by atoms with Gasteiger partial charge in [-0.15, -0.1) is 0 Å². The van der Waals surface area contributed by atoms with E-state index in [0.717, 1.165) is 12.1 Å². The maximum atomic E-state index is 13.5. The molecule has 88 valence electrons. The highest BCUT2D eigenvalue weighted by molar-refractivity contribution is 6.62. The first kappa shape index (κ1) is 11.9. The average molecular weight is 244 g/mol. The van der Waals surface area contributed by atoms with Crippen LogP contribution in [0.25, 0.3) is 10.8 Å². The highest BCUT2D eigenvalue weighted by atomic mass is 19.2. The van der Waals surface area contributed by atoms with Crippen LogP contribution in [0.3, 0.4) is 0 Å². The molecule has 0 aromatic heterocycles. The van der Waals surface area contributed by atoms with Crippen molar-refractivity contribution in [3.63, 3.8) is 0 Å². The van der Waals surface area contributed by atoms with Crippen molar-refractivity contribution < 1.29 is 27.6 Å². The molecule has 2 nitrogen and oxygen atoms in total. The van der Waals surface area contributed by atoms with Gasteiger partial charge < -0.3 is 10.0 Å². The average Bonchev–Trinajstić information content (AvgIpc) is 2.32. The number of benzene rings is 2. The third-order valence-corrected chi connectivity index (χ3v) is 2.41. The van der Waals surface area contributed by atoms with Gasteiger partial charge in [-0.05, 0) is 5.46 Å². The van der Waals surface area contributed by atoms with Crippen LogP contribution in [0.15, 0.2) is 18.2 Å². The Bertz CT molecular complexity index is 601. The van der Waals surface area contributed by atoms with Gasteiger partial charge in [0.2, 0.25) is 0 Å². The van der Waals surface area contributed by atoms with E-state index in [-0.39, 0.29) is 0 Å². The second-order valence-corrected chi connectivity index (χ2v) is 3.40. The topological polar surface area (TPSA) is 40.5 Å². The van der Waals surface area contributed by atoms with Crippen molar-refractivity contribution in [2.45, 2.75) is 0 Å². The zero-order valence-electron chi connectivity index (χ0n) is 8.22. The summed E-state index contributed by atoms with van der Waals surface area (Å²) < 4.78 is 52.7. The molecule has 17 heavy (non-hydrogen) atoms. The zero-order valence-corrected chi connectivity index (χ0v) is 8.22. The Morgan fingerprint density at radius 2 is 1.41 bits per heavy atom. The standard InChI is InChI=1S/C10H5BF4O2/c12-7-4-2-1-3-5(11(16)17)6(4)8(13)10(15)9(7)14/h1-3,16-17H. The van der Waals surface area contributed by atoms with Crippen molar-refractivity contribution in [2.24, 2.45) is 0 Å². The summed E-state index contributed by atoms with van der Waals surface area (Å²) in [5.74, 6) is -7.13. The lowest BCUT2D eigenvalue weighted by Gasteiger charge is -2.09. The molecule has 0 aliphatic carbocycles. The molecule has 0 unspecified atom stereocenters. The molecule has 0 spiro atoms. The summed E-state index contributed by atoms with van der Waals surface area (Å²) in [7, 11) is -2.11. The number of rotatable bonds is 1. The molecule has 0 fully saturated rings. The lowest BCUT2D eigenvalue weighted by Crippen LogP contribution is -2.31. The van der Waals surface area contributed by atoms with E-state index >= 15 is 0 Å². The fraction of sp³-hybridized carbons (Fsp3) is 0. The molecule has 0 aliphatic heterocycles. The van der Waals surface area contributed by atoms with Gasteiger partial charge in [-0.3, -0.25) is 0 Å². The number of hydrogen-bond acceptors (Lipinski definition) is 2. The van der Waals surface area contributed by atoms with Crippen molar-refractivity contribution in [2.75, 3.05) is 0 Å². The van der Waals surface area contributed by atoms with E-state index in [9.17, 15) is 17.6 Å². The van der Waals surface area contributed by atoms with Crippen molar-refractivity contribution in [1.29, 1.82) is 0 Å². The molecule has 0 bridgehead atoms. The molecule has 0 aliphatic rings. The van der Waals surface area contributed by atoms with Crippen molar-refractivity contribution in [3.05, 3.63) is 41.5 Å². The van der Waals surface area contributed by atoms with E-state index in [1.54, 1.807) is 0 Å². The Balaban J connectivity index is 3.01. The van der Waals surface area contributed by atoms with E-state index in [0.29, 0.717) is 0 Å². The summed E-state index contributed by atoms with van der Waals surface area (Å²) in [6.07, 6.45) is 0. The second-order valence-electron chi connectivity index (χ2n) is 3.40. The van der Waals surface area contributed by atoms with Crippen LogP contribution in [0.5, 0.6) is 0 Å². The first-order valence-electron chi connectivity index (χ1n) is 4.56. The highest BCUT2D eigenvalue weighted by Crippen LogP contribution is 2.25. The predicted molar refractivity (Wildman–Crippen MR) is 53.6 cm³/mol. The third kappa shape index (κ3) is 1.67. The molecule has 2 N–H and O–H groups in total. The smallest absolute Gasteiger partial charge is 0.423 e. The minimum atomic E-state index is -2.11. The molecule has 0 heterocycles. The fourth-order valence-electron chi connectivity index (χ4n) is 1.63. The maximum Gasteiger partial charge on any atom is 0.489 e. The Kier molecular flexibility index (Phi) is 2.80. The molecular weight excluding hydrogens is 239 g/mol. The summed E-state index contributed by atoms with van der Waals surface area (Å²) in [4.78, 5) is 0. The summed E-state index contributed by atoms with van der Waals surface area (Å²) in [5, 5.41) is 16.7. The fourth-order valence-corrected chi connectivity index (χ4v) is 1.63. The van der Waals surface area contributed by atoms with Crippen LogP contribution < -0.4 is 5.46 Å². The number of fused-ring (bicyclic) bond motifs is 1. The lowest BCUT2D eigenvalue weighted by atomic mass is 9.77. The Hall–Kier alpha value is -1.60. The largest absolute Gasteiger partial charge is 0.489 e. The van der Waals surface area contributed by atoms with Gasteiger partial charge >= 0.3 is 7.12 Å². The van der Waals surface area contributed by atoms with Crippen molar-refractivity contribution in [3.8, 4) is 0 Å². The Morgan fingerprint density at radius 3 is 2.00 bits per heavy atom. The van der Waals surface area contributed by atoms with Crippen molar-refractivity contribution in [1.82, 2.24) is 0 Å². The van der Waals surface area contributed by atoms with E-state index in [4.69, 9.17) is 10.0 Å². The molecular formula is C10H5BF4O2. The molecule has 2 rings (SSSR count). The maximum absolute atomic E-state index is 13.5. The monoisotopic (exact) mass is 244 g/mol. The zero-order chi connectivity index (χ0) is 12.7. The molecule has 2 aromatic rings. The first-order valence-corrected chi connectivity index (χ1v) is 4.56. The summed E-state index contributed by atoms with van der Waals surface area (Å²) in [5.41, 5.74) is -0.433. The molecule has 0 saturated heterocycles. The Labute approximate surface area is 93.3 Å². The summed E-state index contributed by atoms with van der Waals surface area (Å²) in [6.45, 7) is 0. The van der Waals surface area contributed by atoms with Gasteiger partial charge in [0, 0.05) is 10.8 Å². The van der Waals surface area contributed by atoms with Gasteiger partial charge in [0.1, 0.15) is 0 Å². The van der Waals surface area contributed by atoms with Crippen LogP contribution in [0.2, 0.25) is 0 Å². The highest BCUT2D eigenvalue weighted by Gasteiger charge is 2.25. The van der Waals surface area contributed by atoms with Gasteiger partial charge in [0.15, 0.2) is 23.3 Å². The van der Waals surface area contributed by atoms with E-state index in [2.05, 4.69) is 0 Å². The second kappa shape index (κ2) is 4.01. The molecule has 0 atom stereocenters. The normalized spacial score (nSPS) is 10.9. The summed E-state index contributed by atoms with van der Waals surface area (Å²) >= 11 is 0. The van der Waals surface area contributed by atoms with Crippen LogP contribution >= 0.6 is 0 Å². The molecule has 2 aromatic carbocycles. The van der Waals surface area contributed by atoms with Gasteiger partial charge in [-0.2, -0.15) is 0 Å². The van der Waals surface area contributed by atoms with Crippen LogP contribution in [-0.2, 0) is 0 Å². The molecule has 7 heteroatoms. The van der Waals surface area contributed by atoms with E-state index < -0.39 is 46.6 Å². The third-order valence-electron chi connectivity index (χ3n) is 2.41. The molecule has 0 amide bonds. The number of halogens is 4. The SMILES string of the molecule is OB(O)c1cccc2c(F)c(F)c(F)c(F)c12. The van der Waals surface area contributed by atoms with Gasteiger partial charge in [-0.1, -0.05) is 18.2 Å². The van der Waals surface area contributed by atoms with Crippen LogP contribution in [0, 0.1) is 23.3 Å². The van der Waals surface area contributed by atoms with Gasteiger partial charge in [-0.25, -0.2) is 17.6 Å². The minimum absolute atomic E-state index is 0.433.